The average Bonchev–Trinajstić information content (AvgIpc) is 3.99. The van der Waals surface area contributed by atoms with Gasteiger partial charge in [0.05, 0.1) is 29.6 Å². The summed E-state index contributed by atoms with van der Waals surface area (Å²) in [7, 11) is -4.06. The molecule has 76 heavy (non-hydrogen) atoms. The molecule has 4 aromatic carbocycles. The number of allylic oxidation sites excluding steroid dienone is 4. The number of aromatic amines is 1. The molecule has 6 aromatic rings. The maximum absolute atomic E-state index is 13.2. The summed E-state index contributed by atoms with van der Waals surface area (Å²) in [6.45, 7) is 13.7. The Bertz CT molecular complexity index is 3490. The highest BCUT2D eigenvalue weighted by Gasteiger charge is 2.44. The number of nitrogens with zero attached hydrogens (tertiary/aromatic N) is 5. The van der Waals surface area contributed by atoms with Crippen LogP contribution in [0, 0.1) is 0 Å². The van der Waals surface area contributed by atoms with Crippen LogP contribution in [0.3, 0.4) is 0 Å². The molecular weight excluding hydrogens is 979 g/mol. The van der Waals surface area contributed by atoms with Gasteiger partial charge < -0.3 is 30.7 Å². The minimum absolute atomic E-state index is 0.0231. The molecule has 0 aliphatic carbocycles. The molecule has 2 aromatic heterocycles. The molecule has 1 amide bonds. The lowest BCUT2D eigenvalue weighted by molar-refractivity contribution is -0.438. The molecule has 0 saturated heterocycles. The van der Waals surface area contributed by atoms with Crippen molar-refractivity contribution in [2.45, 2.75) is 90.5 Å². The molecule has 3 aliphatic heterocycles. The number of anilines is 3. The minimum Gasteiger partial charge on any atom is -0.485 e. The van der Waals surface area contributed by atoms with Crippen molar-refractivity contribution in [3.05, 3.63) is 189 Å². The molecule has 16 nitrogen and oxygen atoms in total. The van der Waals surface area contributed by atoms with Crippen molar-refractivity contribution in [2.24, 2.45) is 0 Å². The predicted octanol–water partition coefficient (Wildman–Crippen LogP) is 9.60. The molecule has 5 heterocycles. The summed E-state index contributed by atoms with van der Waals surface area (Å²) in [5, 5.41) is 6.27. The van der Waals surface area contributed by atoms with Crippen molar-refractivity contribution < 1.29 is 31.8 Å². The first-order valence-electron chi connectivity index (χ1n) is 25.9. The topological polar surface area (TPSA) is 218 Å². The standard InChI is InChI=1S/C59H65N9O7S/c1-6-7-12-33-67-47-17-10-9-16-46(47)59(4,5)51(67)30-28-49-53(41(38-74-49)23-29-50-58(2,3)45-15-8-11-18-48(45)68(50)34-13-14-35-76(71,72)73)75-44-26-19-39(20-27-44)31-32-61-55(69)40-21-24-42(25-22-40)62-36-43-37-63-54-52(64-43)56(70)66-57(60)65-54/h8-11,15-30,37H,6-7,12-14,31-36,38H2,1-5H3,(H5-,60,61,62,63,65,66,69,70,71,72,73)/p+1. The monoisotopic (exact) mass is 1040 g/mol. The van der Waals surface area contributed by atoms with E-state index in [9.17, 15) is 22.6 Å². The third-order valence-electron chi connectivity index (χ3n) is 14.3. The van der Waals surface area contributed by atoms with E-state index in [-0.39, 0.29) is 46.2 Å². The van der Waals surface area contributed by atoms with Gasteiger partial charge in [0.1, 0.15) is 18.9 Å². The number of nitrogen functional groups attached to an aromatic ring is 1. The largest absolute Gasteiger partial charge is 0.485 e. The number of fused-ring (bicyclic) bond motifs is 3. The summed E-state index contributed by atoms with van der Waals surface area (Å²) in [6.07, 6.45) is 14.8. The van der Waals surface area contributed by atoms with Crippen LogP contribution in [0.2, 0.25) is 0 Å². The minimum atomic E-state index is -4.06. The molecule has 0 atom stereocenters. The fourth-order valence-corrected chi connectivity index (χ4v) is 10.8. The molecular formula is C59H66N9O7S+. The van der Waals surface area contributed by atoms with Gasteiger partial charge in [-0.3, -0.25) is 19.1 Å². The Labute approximate surface area is 444 Å². The Kier molecular flexibility index (Phi) is 15.7. The van der Waals surface area contributed by atoms with Crippen molar-refractivity contribution in [3.8, 4) is 5.75 Å². The summed E-state index contributed by atoms with van der Waals surface area (Å²) < 4.78 is 48.2. The first-order valence-corrected chi connectivity index (χ1v) is 27.5. The van der Waals surface area contributed by atoms with Crippen LogP contribution < -0.4 is 31.6 Å². The van der Waals surface area contributed by atoms with Crippen molar-refractivity contribution in [2.75, 3.05) is 47.9 Å². The van der Waals surface area contributed by atoms with E-state index in [1.165, 1.54) is 28.7 Å². The smallest absolute Gasteiger partial charge is 0.280 e. The molecule has 0 saturated carbocycles. The van der Waals surface area contributed by atoms with E-state index in [4.69, 9.17) is 15.2 Å². The first-order chi connectivity index (χ1) is 36.5. The van der Waals surface area contributed by atoms with Crippen LogP contribution in [0.5, 0.6) is 5.75 Å². The van der Waals surface area contributed by atoms with Gasteiger partial charge in [0, 0.05) is 70.8 Å². The van der Waals surface area contributed by atoms with Crippen LogP contribution in [0.25, 0.3) is 11.2 Å². The van der Waals surface area contributed by atoms with Crippen LogP contribution in [-0.4, -0.2) is 81.1 Å². The number of hydrogen-bond acceptors (Lipinski definition) is 12. The third-order valence-corrected chi connectivity index (χ3v) is 15.1. The molecule has 0 bridgehead atoms. The van der Waals surface area contributed by atoms with Crippen LogP contribution >= 0.6 is 0 Å². The summed E-state index contributed by atoms with van der Waals surface area (Å²) in [5.41, 5.74) is 15.5. The number of unbranched alkanes of at least 4 members (excludes halogenated alkanes) is 3. The number of carbonyl (C=O) groups is 1. The molecule has 0 unspecified atom stereocenters. The highest BCUT2D eigenvalue weighted by Crippen LogP contribution is 2.48. The highest BCUT2D eigenvalue weighted by molar-refractivity contribution is 7.85. The van der Waals surface area contributed by atoms with Crippen molar-refractivity contribution in [1.82, 2.24) is 25.3 Å². The summed E-state index contributed by atoms with van der Waals surface area (Å²) in [5.74, 6) is 1.35. The number of carbonyl (C=O) groups excluding carboxylic acids is 1. The first kappa shape index (κ1) is 53.0. The second-order valence-electron chi connectivity index (χ2n) is 20.4. The van der Waals surface area contributed by atoms with E-state index < -0.39 is 15.7 Å². The van der Waals surface area contributed by atoms with Crippen LogP contribution in [0.15, 0.2) is 155 Å². The normalized spacial score (nSPS) is 16.7. The summed E-state index contributed by atoms with van der Waals surface area (Å²) in [4.78, 5) is 42.9. The van der Waals surface area contributed by atoms with Gasteiger partial charge in [-0.05, 0) is 105 Å². The van der Waals surface area contributed by atoms with Gasteiger partial charge in [-0.15, -0.1) is 0 Å². The van der Waals surface area contributed by atoms with Crippen molar-refractivity contribution in [1.29, 1.82) is 0 Å². The second-order valence-corrected chi connectivity index (χ2v) is 22.0. The fourth-order valence-electron chi connectivity index (χ4n) is 10.2. The molecule has 3 aliphatic rings. The van der Waals surface area contributed by atoms with Crippen LogP contribution in [0.4, 0.5) is 23.0 Å². The number of benzene rings is 4. The fraction of sp³-hybridized carbons (Fsp3) is 0.322. The number of ether oxygens (including phenoxy) is 2. The maximum Gasteiger partial charge on any atom is 0.280 e. The quantitative estimate of drug-likeness (QED) is 0.0258. The van der Waals surface area contributed by atoms with Crippen molar-refractivity contribution >= 4 is 55.9 Å². The van der Waals surface area contributed by atoms with Gasteiger partial charge >= 0.3 is 0 Å². The van der Waals surface area contributed by atoms with E-state index in [1.807, 2.05) is 42.5 Å². The Hall–Kier alpha value is -7.89. The van der Waals surface area contributed by atoms with Gasteiger partial charge in [-0.25, -0.2) is 9.97 Å². The second kappa shape index (κ2) is 22.5. The zero-order valence-electron chi connectivity index (χ0n) is 43.7. The number of aromatic nitrogens is 4. The van der Waals surface area contributed by atoms with Gasteiger partial charge in [-0.2, -0.15) is 18.0 Å². The number of hydrogen-bond donors (Lipinski definition) is 5. The zero-order chi connectivity index (χ0) is 53.6. The van der Waals surface area contributed by atoms with Crippen LogP contribution in [0.1, 0.15) is 99.5 Å². The maximum atomic E-state index is 13.2. The molecule has 394 valence electrons. The lowest BCUT2D eigenvalue weighted by atomic mass is 9.81. The Morgan fingerprint density at radius 1 is 0.908 bits per heavy atom. The van der Waals surface area contributed by atoms with Gasteiger partial charge in [0.2, 0.25) is 11.6 Å². The average molecular weight is 1050 g/mol. The van der Waals surface area contributed by atoms with E-state index >= 15 is 0 Å². The van der Waals surface area contributed by atoms with E-state index in [1.54, 1.807) is 24.3 Å². The van der Waals surface area contributed by atoms with Gasteiger partial charge in [0.25, 0.3) is 21.6 Å². The third kappa shape index (κ3) is 11.8. The zero-order valence-corrected chi connectivity index (χ0v) is 44.5. The number of nitrogens with one attached hydrogen (secondary N) is 3. The number of para-hydroxylation sites is 2. The summed E-state index contributed by atoms with van der Waals surface area (Å²) >= 11 is 0. The molecule has 17 heteroatoms. The lowest BCUT2D eigenvalue weighted by Crippen LogP contribution is -2.28. The van der Waals surface area contributed by atoms with Gasteiger partial charge in [0.15, 0.2) is 28.4 Å². The Balaban J connectivity index is 0.918. The van der Waals surface area contributed by atoms with E-state index in [0.717, 1.165) is 54.0 Å². The lowest BCUT2D eigenvalue weighted by Gasteiger charge is -2.27. The SMILES string of the molecule is CCCCCN1C(=CC=C2OCC(C=CC3=[N+](CCCCS(=O)(=O)O)c4ccccc4C3(C)C)=C2Oc2ccc(CCNC(=O)c3ccc(NCc4cnc5nc(N)[nH]c(=O)c5n4)cc3)cc2)C(C)(C)c2ccccc21. The van der Waals surface area contributed by atoms with E-state index in [2.05, 4.69) is 129 Å². The van der Waals surface area contributed by atoms with Crippen molar-refractivity contribution in [3.63, 3.8) is 0 Å². The number of rotatable bonds is 21. The number of H-pyrrole nitrogens is 1. The Morgan fingerprint density at radius 2 is 1.66 bits per heavy atom. The molecule has 0 fully saturated rings. The summed E-state index contributed by atoms with van der Waals surface area (Å²) in [6, 6.07) is 31.9. The molecule has 9 rings (SSSR count). The van der Waals surface area contributed by atoms with Crippen LogP contribution in [-0.2, 0) is 38.7 Å². The molecule has 0 spiro atoms. The van der Waals surface area contributed by atoms with Gasteiger partial charge in [-0.1, -0.05) is 82.1 Å². The number of nitrogens with two attached hydrogens (primary N) is 1. The van der Waals surface area contributed by atoms with E-state index in [0.29, 0.717) is 67.4 Å². The molecule has 6 N–H and O–H groups in total. The Morgan fingerprint density at radius 3 is 2.42 bits per heavy atom. The number of amides is 1. The highest BCUT2D eigenvalue weighted by atomic mass is 32.2. The predicted molar refractivity (Wildman–Crippen MR) is 299 cm³/mol. The molecule has 0 radical (unpaired) electrons.